The molecule has 0 amide bonds. The average Bonchev–Trinajstić information content (AvgIpc) is 3.67. The molecular formula is C30H36N2O4. The molecule has 6 nitrogen and oxygen atoms in total. The second kappa shape index (κ2) is 8.12. The van der Waals surface area contributed by atoms with Crippen molar-refractivity contribution in [1.29, 1.82) is 0 Å². The van der Waals surface area contributed by atoms with Crippen LogP contribution in [-0.4, -0.2) is 29.6 Å². The first kappa shape index (κ1) is 23.1. The van der Waals surface area contributed by atoms with Gasteiger partial charge in [0.15, 0.2) is 23.5 Å². The molecule has 0 radical (unpaired) electrons. The maximum absolute atomic E-state index is 11.0. The lowest BCUT2D eigenvalue weighted by Crippen LogP contribution is -2.17. The molecule has 2 aromatic rings. The maximum Gasteiger partial charge on any atom is 0.198 e. The number of hydrogen-bond donors (Lipinski definition) is 4. The lowest BCUT2D eigenvalue weighted by Gasteiger charge is -2.23. The Balaban J connectivity index is 1.07. The lowest BCUT2D eigenvalue weighted by molar-refractivity contribution is 0.342. The molecule has 0 fully saturated rings. The lowest BCUT2D eigenvalue weighted by atomic mass is 9.81. The van der Waals surface area contributed by atoms with E-state index in [9.17, 15) is 20.4 Å². The molecule has 4 atom stereocenters. The molecule has 0 aliphatic heterocycles. The molecule has 2 aromatic heterocycles. The van der Waals surface area contributed by atoms with E-state index in [-0.39, 0.29) is 46.2 Å². The Morgan fingerprint density at radius 1 is 0.694 bits per heavy atom. The van der Waals surface area contributed by atoms with Crippen LogP contribution in [0.1, 0.15) is 85.5 Å². The van der Waals surface area contributed by atoms with Gasteiger partial charge in [0, 0.05) is 58.0 Å². The summed E-state index contributed by atoms with van der Waals surface area (Å²) in [6, 6.07) is 0. The molecule has 0 saturated heterocycles. The Labute approximate surface area is 212 Å². The number of allylic oxidation sites excluding steroid dienone is 6. The van der Waals surface area contributed by atoms with E-state index < -0.39 is 0 Å². The monoisotopic (exact) mass is 488 g/mol. The van der Waals surface area contributed by atoms with Crippen molar-refractivity contribution in [2.45, 2.75) is 87.1 Å². The van der Waals surface area contributed by atoms with Gasteiger partial charge in [-0.1, -0.05) is 49.3 Å². The molecule has 2 heterocycles. The predicted molar refractivity (Wildman–Crippen MR) is 140 cm³/mol. The number of fused-ring (bicyclic) bond motifs is 10. The zero-order chi connectivity index (χ0) is 25.2. The SMILES string of the molecule is C=CCC12C=CC(C1)c1c2c(O)n(CCCCCCn2c(O)c3c(c2O)C2(CC=C)C=CC3C2)c1O. The maximum atomic E-state index is 11.0. The summed E-state index contributed by atoms with van der Waals surface area (Å²) in [6.45, 7) is 8.90. The molecule has 6 rings (SSSR count). The van der Waals surface area contributed by atoms with Gasteiger partial charge in [-0.15, -0.1) is 13.2 Å². The molecule has 4 N–H and O–H groups in total. The summed E-state index contributed by atoms with van der Waals surface area (Å²) in [4.78, 5) is 0. The third-order valence-corrected chi connectivity index (χ3v) is 9.22. The van der Waals surface area contributed by atoms with E-state index in [2.05, 4.69) is 37.5 Å². The molecule has 4 unspecified atom stereocenters. The van der Waals surface area contributed by atoms with E-state index in [1.807, 2.05) is 12.2 Å². The fourth-order valence-electron chi connectivity index (χ4n) is 7.67. The number of aromatic hydroxyl groups is 4. The van der Waals surface area contributed by atoms with Crippen molar-refractivity contribution in [2.24, 2.45) is 0 Å². The van der Waals surface area contributed by atoms with Crippen LogP contribution < -0.4 is 0 Å². The smallest absolute Gasteiger partial charge is 0.198 e. The first-order chi connectivity index (χ1) is 17.4. The van der Waals surface area contributed by atoms with Crippen LogP contribution in [0.5, 0.6) is 23.5 Å². The van der Waals surface area contributed by atoms with Crippen LogP contribution in [0.25, 0.3) is 0 Å². The third-order valence-electron chi connectivity index (χ3n) is 9.22. The molecule has 4 bridgehead atoms. The number of nitrogens with zero attached hydrogens (tertiary/aromatic N) is 2. The van der Waals surface area contributed by atoms with E-state index in [1.165, 1.54) is 0 Å². The minimum Gasteiger partial charge on any atom is -0.494 e. The molecule has 36 heavy (non-hydrogen) atoms. The zero-order valence-corrected chi connectivity index (χ0v) is 20.8. The van der Waals surface area contributed by atoms with Gasteiger partial charge in [0.2, 0.25) is 0 Å². The molecule has 190 valence electrons. The minimum atomic E-state index is -0.227. The van der Waals surface area contributed by atoms with Crippen molar-refractivity contribution >= 4 is 0 Å². The molecule has 4 aliphatic carbocycles. The molecule has 0 saturated carbocycles. The number of aromatic nitrogens is 2. The first-order valence-electron chi connectivity index (χ1n) is 13.3. The van der Waals surface area contributed by atoms with Gasteiger partial charge in [0.05, 0.1) is 0 Å². The van der Waals surface area contributed by atoms with Crippen LogP contribution in [0.15, 0.2) is 49.6 Å². The standard InChI is InChI=1S/C30H36N2O4/c1-3-11-29-13-9-19(17-29)21-23(29)27(35)31(25(21)33)15-7-5-6-8-16-32-26(34)22-20-10-14-30(18-20,12-4-2)24(22)28(32)36/h3-4,9-10,13-14,19-20,33-36H,1-2,5-8,11-12,15-18H2. The van der Waals surface area contributed by atoms with Gasteiger partial charge in [-0.3, -0.25) is 9.13 Å². The van der Waals surface area contributed by atoms with Crippen LogP contribution in [0, 0.1) is 0 Å². The Kier molecular flexibility index (Phi) is 5.22. The molecular weight excluding hydrogens is 452 g/mol. The van der Waals surface area contributed by atoms with E-state index in [0.29, 0.717) is 13.1 Å². The van der Waals surface area contributed by atoms with Gasteiger partial charge in [-0.25, -0.2) is 0 Å². The Morgan fingerprint density at radius 3 is 1.50 bits per heavy atom. The van der Waals surface area contributed by atoms with E-state index in [0.717, 1.165) is 73.6 Å². The Hall–Kier alpha value is -3.28. The molecule has 4 aliphatic rings. The zero-order valence-electron chi connectivity index (χ0n) is 20.8. The number of hydrogen-bond acceptors (Lipinski definition) is 4. The summed E-state index contributed by atoms with van der Waals surface area (Å²) < 4.78 is 3.33. The summed E-state index contributed by atoms with van der Waals surface area (Å²) >= 11 is 0. The van der Waals surface area contributed by atoms with Crippen LogP contribution in [0.2, 0.25) is 0 Å². The second-order valence-corrected chi connectivity index (χ2v) is 11.2. The summed E-state index contributed by atoms with van der Waals surface area (Å²) in [5.74, 6) is 1.15. The van der Waals surface area contributed by atoms with Gasteiger partial charge < -0.3 is 20.4 Å². The number of unbranched alkanes of at least 4 members (excludes halogenated alkanes) is 3. The van der Waals surface area contributed by atoms with Gasteiger partial charge in [0.25, 0.3) is 0 Å². The van der Waals surface area contributed by atoms with Gasteiger partial charge in [0.1, 0.15) is 0 Å². The van der Waals surface area contributed by atoms with Crippen LogP contribution in [0.4, 0.5) is 0 Å². The summed E-state index contributed by atoms with van der Waals surface area (Å²) in [7, 11) is 0. The fourth-order valence-corrected chi connectivity index (χ4v) is 7.67. The molecule has 0 spiro atoms. The van der Waals surface area contributed by atoms with Gasteiger partial charge >= 0.3 is 0 Å². The van der Waals surface area contributed by atoms with E-state index in [4.69, 9.17) is 0 Å². The highest BCUT2D eigenvalue weighted by Crippen LogP contribution is 2.62. The van der Waals surface area contributed by atoms with Crippen LogP contribution in [-0.2, 0) is 23.9 Å². The van der Waals surface area contributed by atoms with Crippen molar-refractivity contribution in [3.05, 3.63) is 71.9 Å². The van der Waals surface area contributed by atoms with Gasteiger partial charge in [-0.2, -0.15) is 0 Å². The molecule has 0 aromatic carbocycles. The first-order valence-corrected chi connectivity index (χ1v) is 13.3. The average molecular weight is 489 g/mol. The highest BCUT2D eigenvalue weighted by Gasteiger charge is 2.51. The predicted octanol–water partition coefficient (Wildman–Crippen LogP) is 6.11. The van der Waals surface area contributed by atoms with E-state index >= 15 is 0 Å². The summed E-state index contributed by atoms with van der Waals surface area (Å²) in [6.07, 6.45) is 19.3. The topological polar surface area (TPSA) is 90.8 Å². The largest absolute Gasteiger partial charge is 0.494 e. The Bertz CT molecular complexity index is 1210. The van der Waals surface area contributed by atoms with Crippen molar-refractivity contribution in [2.75, 3.05) is 0 Å². The van der Waals surface area contributed by atoms with E-state index in [1.54, 1.807) is 9.13 Å². The fraction of sp³-hybridized carbons (Fsp3) is 0.467. The highest BCUT2D eigenvalue weighted by molar-refractivity contribution is 5.63. The van der Waals surface area contributed by atoms with Crippen molar-refractivity contribution in [3.63, 3.8) is 0 Å². The van der Waals surface area contributed by atoms with Crippen LogP contribution >= 0.6 is 0 Å². The van der Waals surface area contributed by atoms with Gasteiger partial charge in [-0.05, 0) is 38.5 Å². The summed E-state index contributed by atoms with van der Waals surface area (Å²) in [5.41, 5.74) is 3.10. The second-order valence-electron chi connectivity index (χ2n) is 11.2. The quantitative estimate of drug-likeness (QED) is 0.227. The normalized spacial score (nSPS) is 28.2. The number of rotatable bonds is 11. The van der Waals surface area contributed by atoms with Crippen molar-refractivity contribution < 1.29 is 20.4 Å². The third kappa shape index (κ3) is 2.96. The van der Waals surface area contributed by atoms with Crippen LogP contribution in [0.3, 0.4) is 0 Å². The molecule has 6 heteroatoms. The van der Waals surface area contributed by atoms with Crippen molar-refractivity contribution in [3.8, 4) is 23.5 Å². The highest BCUT2D eigenvalue weighted by atomic mass is 16.3. The summed E-state index contributed by atoms with van der Waals surface area (Å²) in [5, 5.41) is 43.7. The Morgan fingerprint density at radius 2 is 1.11 bits per heavy atom. The van der Waals surface area contributed by atoms with Crippen molar-refractivity contribution in [1.82, 2.24) is 9.13 Å². The minimum absolute atomic E-state index is 0.173.